The fourth-order valence-electron chi connectivity index (χ4n) is 2.16. The van der Waals surface area contributed by atoms with E-state index < -0.39 is 24.9 Å². The first-order chi connectivity index (χ1) is 9.23. The highest BCUT2D eigenvalue weighted by atomic mass is 127. The van der Waals surface area contributed by atoms with Gasteiger partial charge in [-0.2, -0.15) is 17.6 Å². The molecule has 0 bridgehead atoms. The molecule has 0 unspecified atom stereocenters. The monoisotopic (exact) mass is 419 g/mol. The lowest BCUT2D eigenvalue weighted by Gasteiger charge is -2.15. The van der Waals surface area contributed by atoms with Crippen LogP contribution in [0.3, 0.4) is 0 Å². The van der Waals surface area contributed by atoms with Crippen molar-refractivity contribution in [1.29, 1.82) is 0 Å². The van der Waals surface area contributed by atoms with Gasteiger partial charge in [-0.05, 0) is 34.7 Å². The Kier molecular flexibility index (Phi) is 3.09. The van der Waals surface area contributed by atoms with Gasteiger partial charge in [0.2, 0.25) is 5.95 Å². The van der Waals surface area contributed by atoms with Crippen LogP contribution in [0.5, 0.6) is 0 Å². The summed E-state index contributed by atoms with van der Waals surface area (Å²) >= 11 is 7.92. The quantitative estimate of drug-likeness (QED) is 0.399. The highest BCUT2D eigenvalue weighted by Crippen LogP contribution is 2.43. The summed E-state index contributed by atoms with van der Waals surface area (Å²) in [6.45, 7) is -2.17. The van der Waals surface area contributed by atoms with E-state index >= 15 is 0 Å². The van der Waals surface area contributed by atoms with Crippen molar-refractivity contribution in [3.63, 3.8) is 0 Å². The molecule has 0 atom stereocenters. The lowest BCUT2D eigenvalue weighted by atomic mass is 10.2. The first-order valence-corrected chi connectivity index (χ1v) is 7.02. The molecule has 3 rings (SSSR count). The van der Waals surface area contributed by atoms with Crippen molar-refractivity contribution in [3.8, 4) is 0 Å². The third-order valence-electron chi connectivity index (χ3n) is 3.15. The molecule has 2 aromatic heterocycles. The molecular formula is C11H7ClF4IN3. The Hall–Kier alpha value is -0.770. The second kappa shape index (κ2) is 4.36. The first-order valence-electron chi connectivity index (χ1n) is 5.56. The molecule has 0 aromatic carbocycles. The van der Waals surface area contributed by atoms with Crippen LogP contribution >= 0.6 is 34.2 Å². The summed E-state index contributed by atoms with van der Waals surface area (Å²) < 4.78 is 55.1. The minimum absolute atomic E-state index is 0.00634. The van der Waals surface area contributed by atoms with E-state index in [1.807, 2.05) is 22.6 Å². The number of aromatic nitrogens is 2. The Labute approximate surface area is 129 Å². The van der Waals surface area contributed by atoms with E-state index in [1.54, 1.807) is 18.2 Å². The van der Waals surface area contributed by atoms with Crippen LogP contribution in [-0.4, -0.2) is 34.3 Å². The molecule has 108 valence electrons. The van der Waals surface area contributed by atoms with E-state index in [-0.39, 0.29) is 11.1 Å². The van der Waals surface area contributed by atoms with Crippen LogP contribution in [0.4, 0.5) is 23.5 Å². The lowest BCUT2D eigenvalue weighted by Crippen LogP contribution is -2.38. The summed E-state index contributed by atoms with van der Waals surface area (Å²) in [7, 11) is 0. The molecule has 0 spiro atoms. The number of hydrogen-bond acceptors (Lipinski definition) is 2. The van der Waals surface area contributed by atoms with Crippen molar-refractivity contribution in [3.05, 3.63) is 27.1 Å². The van der Waals surface area contributed by atoms with Gasteiger partial charge in [0.15, 0.2) is 0 Å². The van der Waals surface area contributed by atoms with Crippen molar-refractivity contribution < 1.29 is 17.6 Å². The van der Waals surface area contributed by atoms with Crippen LogP contribution in [0.2, 0.25) is 5.15 Å². The van der Waals surface area contributed by atoms with Gasteiger partial charge < -0.3 is 4.90 Å². The van der Waals surface area contributed by atoms with E-state index in [4.69, 9.17) is 11.6 Å². The fourth-order valence-corrected chi connectivity index (χ4v) is 3.04. The van der Waals surface area contributed by atoms with Gasteiger partial charge >= 0.3 is 11.8 Å². The Morgan fingerprint density at radius 1 is 1.15 bits per heavy atom. The SMILES string of the molecule is FC1(F)CN(c2nc(I)c3cccc(Cl)n23)CC1(F)F. The van der Waals surface area contributed by atoms with Crippen LogP contribution in [0.1, 0.15) is 0 Å². The number of rotatable bonds is 1. The summed E-state index contributed by atoms with van der Waals surface area (Å²) in [6.07, 6.45) is 0. The number of fused-ring (bicyclic) bond motifs is 1. The maximum atomic E-state index is 13.3. The molecule has 1 saturated heterocycles. The topological polar surface area (TPSA) is 20.5 Å². The first kappa shape index (κ1) is 14.2. The molecule has 9 heteroatoms. The Bertz CT molecular complexity index is 672. The molecule has 0 radical (unpaired) electrons. The molecule has 1 aliphatic rings. The Balaban J connectivity index is 2.13. The third-order valence-corrected chi connectivity index (χ3v) is 4.24. The van der Waals surface area contributed by atoms with Crippen LogP contribution in [-0.2, 0) is 0 Å². The molecule has 1 aliphatic heterocycles. The number of hydrogen-bond donors (Lipinski definition) is 0. The van der Waals surface area contributed by atoms with Gasteiger partial charge in [0.25, 0.3) is 0 Å². The van der Waals surface area contributed by atoms with E-state index in [0.29, 0.717) is 9.22 Å². The minimum Gasteiger partial charge on any atom is -0.329 e. The molecule has 0 amide bonds. The van der Waals surface area contributed by atoms with E-state index in [2.05, 4.69) is 4.98 Å². The van der Waals surface area contributed by atoms with Gasteiger partial charge in [0.05, 0.1) is 18.6 Å². The molecule has 3 nitrogen and oxygen atoms in total. The minimum atomic E-state index is -4.08. The van der Waals surface area contributed by atoms with Gasteiger partial charge in [-0.3, -0.25) is 4.40 Å². The summed E-state index contributed by atoms with van der Waals surface area (Å²) in [5.74, 6) is -8.15. The molecular weight excluding hydrogens is 412 g/mol. The Morgan fingerprint density at radius 2 is 1.75 bits per heavy atom. The second-order valence-corrected chi connectivity index (χ2v) is 5.95. The molecule has 2 aromatic rings. The smallest absolute Gasteiger partial charge is 0.329 e. The summed E-state index contributed by atoms with van der Waals surface area (Å²) in [4.78, 5) is 4.95. The highest BCUT2D eigenvalue weighted by Gasteiger charge is 2.63. The second-order valence-electron chi connectivity index (χ2n) is 4.54. The molecule has 20 heavy (non-hydrogen) atoms. The number of pyridine rings is 1. The number of imidazole rings is 1. The van der Waals surface area contributed by atoms with Crippen LogP contribution < -0.4 is 4.90 Å². The molecule has 1 fully saturated rings. The third kappa shape index (κ3) is 1.95. The van der Waals surface area contributed by atoms with Gasteiger partial charge in [0.1, 0.15) is 8.85 Å². The van der Waals surface area contributed by atoms with E-state index in [0.717, 1.165) is 4.90 Å². The van der Waals surface area contributed by atoms with Crippen molar-refractivity contribution in [1.82, 2.24) is 9.38 Å². The Morgan fingerprint density at radius 3 is 2.35 bits per heavy atom. The molecule has 0 aliphatic carbocycles. The van der Waals surface area contributed by atoms with Crippen LogP contribution in [0.15, 0.2) is 18.2 Å². The molecule has 3 heterocycles. The maximum Gasteiger partial charge on any atom is 0.329 e. The van der Waals surface area contributed by atoms with E-state index in [9.17, 15) is 17.6 Å². The van der Waals surface area contributed by atoms with Gasteiger partial charge in [0, 0.05) is 0 Å². The van der Waals surface area contributed by atoms with Gasteiger partial charge in [-0.15, -0.1) is 0 Å². The lowest BCUT2D eigenvalue weighted by molar-refractivity contribution is -0.172. The van der Waals surface area contributed by atoms with E-state index in [1.165, 1.54) is 4.40 Å². The highest BCUT2D eigenvalue weighted by molar-refractivity contribution is 14.1. The van der Waals surface area contributed by atoms with Crippen molar-refractivity contribution in [2.75, 3.05) is 18.0 Å². The molecule has 0 N–H and O–H groups in total. The number of anilines is 1. The summed E-state index contributed by atoms with van der Waals surface area (Å²) in [5, 5.41) is 0.228. The fraction of sp³-hybridized carbons (Fsp3) is 0.364. The normalized spacial score (nSPS) is 20.8. The zero-order valence-electron chi connectivity index (χ0n) is 9.76. The van der Waals surface area contributed by atoms with Crippen LogP contribution in [0.25, 0.3) is 5.52 Å². The van der Waals surface area contributed by atoms with Gasteiger partial charge in [-0.1, -0.05) is 17.7 Å². The van der Waals surface area contributed by atoms with Crippen LogP contribution in [0, 0.1) is 3.70 Å². The zero-order valence-corrected chi connectivity index (χ0v) is 12.7. The van der Waals surface area contributed by atoms with Crippen molar-refractivity contribution in [2.24, 2.45) is 0 Å². The summed E-state index contributed by atoms with van der Waals surface area (Å²) in [6, 6.07) is 4.91. The van der Waals surface area contributed by atoms with Crippen molar-refractivity contribution in [2.45, 2.75) is 11.8 Å². The average molecular weight is 420 g/mol. The average Bonchev–Trinajstić information content (AvgIpc) is 2.76. The standard InChI is InChI=1S/C11H7ClF4IN3/c12-7-3-1-2-6-8(17)18-9(20(6)7)19-4-10(13,14)11(15,16)5-19/h1-3H,4-5H2. The maximum absolute atomic E-state index is 13.3. The number of nitrogens with zero attached hydrogens (tertiary/aromatic N) is 3. The predicted molar refractivity (Wildman–Crippen MR) is 75.0 cm³/mol. The predicted octanol–water partition coefficient (Wildman–Crippen LogP) is 3.68. The molecule has 0 saturated carbocycles. The number of alkyl halides is 4. The summed E-state index contributed by atoms with van der Waals surface area (Å²) in [5.41, 5.74) is 0.589. The number of halogens is 6. The van der Waals surface area contributed by atoms with Crippen molar-refractivity contribution >= 4 is 45.7 Å². The zero-order chi connectivity index (χ0) is 14.7. The van der Waals surface area contributed by atoms with Gasteiger partial charge in [-0.25, -0.2) is 4.98 Å². The largest absolute Gasteiger partial charge is 0.329 e.